The second-order valence-corrected chi connectivity index (χ2v) is 11.3. The van der Waals surface area contributed by atoms with Crippen molar-refractivity contribution in [3.63, 3.8) is 0 Å². The summed E-state index contributed by atoms with van der Waals surface area (Å²) in [6.45, 7) is 6.87. The number of anilines is 2. The maximum absolute atomic E-state index is 13.5. The van der Waals surface area contributed by atoms with E-state index in [1.54, 1.807) is 26.2 Å². The Hall–Kier alpha value is -4.44. The zero-order valence-corrected chi connectivity index (χ0v) is 23.6. The summed E-state index contributed by atoms with van der Waals surface area (Å²) in [5, 5.41) is 3.80. The first-order valence-electron chi connectivity index (χ1n) is 14.2. The van der Waals surface area contributed by atoms with Crippen LogP contribution in [0.1, 0.15) is 44.2 Å². The zero-order chi connectivity index (χ0) is 28.3. The Balaban J connectivity index is 1.33. The lowest BCUT2D eigenvalue weighted by molar-refractivity contribution is 0.271. The van der Waals surface area contributed by atoms with Crippen molar-refractivity contribution in [1.29, 1.82) is 0 Å². The lowest BCUT2D eigenvalue weighted by Gasteiger charge is -2.32. The largest absolute Gasteiger partial charge is 0.419 e. The molecule has 0 saturated heterocycles. The number of nitrogens with one attached hydrogen (secondary N) is 1. The molecule has 4 heterocycles. The summed E-state index contributed by atoms with van der Waals surface area (Å²) in [6, 6.07) is 12.0. The van der Waals surface area contributed by atoms with Gasteiger partial charge in [0.25, 0.3) is 5.56 Å². The molecule has 1 aliphatic carbocycles. The van der Waals surface area contributed by atoms with Gasteiger partial charge in [0, 0.05) is 36.9 Å². The number of benzene rings is 2. The fourth-order valence-electron chi connectivity index (χ4n) is 6.31. The summed E-state index contributed by atoms with van der Waals surface area (Å²) < 4.78 is 10.5. The van der Waals surface area contributed by atoms with Gasteiger partial charge in [0.05, 0.1) is 17.7 Å². The van der Waals surface area contributed by atoms with Crippen molar-refractivity contribution in [2.75, 3.05) is 18.9 Å². The summed E-state index contributed by atoms with van der Waals surface area (Å²) in [7, 11) is 2.18. The molecule has 0 unspecified atom stereocenters. The van der Waals surface area contributed by atoms with Crippen LogP contribution in [0.25, 0.3) is 27.8 Å². The van der Waals surface area contributed by atoms with Gasteiger partial charge in [-0.3, -0.25) is 9.36 Å². The Morgan fingerprint density at radius 2 is 2.00 bits per heavy atom. The molecule has 7 rings (SSSR count). The summed E-state index contributed by atoms with van der Waals surface area (Å²) >= 11 is 0. The third kappa shape index (κ3) is 4.21. The molecule has 0 amide bonds. The third-order valence-electron chi connectivity index (χ3n) is 8.33. The Kier molecular flexibility index (Phi) is 5.97. The number of fused-ring (bicyclic) bond motifs is 4. The average Bonchev–Trinajstić information content (AvgIpc) is 3.57. The predicted octanol–water partition coefficient (Wildman–Crippen LogP) is 4.70. The highest BCUT2D eigenvalue weighted by molar-refractivity contribution is 5.80. The molecule has 41 heavy (non-hydrogen) atoms. The second-order valence-electron chi connectivity index (χ2n) is 11.3. The van der Waals surface area contributed by atoms with Crippen LogP contribution in [0.4, 0.5) is 11.6 Å². The van der Waals surface area contributed by atoms with E-state index in [0.717, 1.165) is 25.2 Å². The van der Waals surface area contributed by atoms with Crippen LogP contribution in [0.2, 0.25) is 0 Å². The third-order valence-corrected chi connectivity index (χ3v) is 8.33. The molecule has 0 radical (unpaired) electrons. The number of hydrogen-bond donors (Lipinski definition) is 1. The zero-order valence-electron chi connectivity index (χ0n) is 23.6. The molecule has 1 spiro atoms. The summed E-state index contributed by atoms with van der Waals surface area (Å²) in [6.07, 6.45) is 8.70. The summed E-state index contributed by atoms with van der Waals surface area (Å²) in [5.74, 6) is 0.0206. The first-order valence-corrected chi connectivity index (χ1v) is 14.2. The Morgan fingerprint density at radius 3 is 2.78 bits per heavy atom. The van der Waals surface area contributed by atoms with Crippen LogP contribution in [0.5, 0.6) is 0 Å². The molecule has 0 atom stereocenters. The fraction of sp³-hybridized carbons (Fsp3) is 0.355. The maximum Gasteiger partial charge on any atom is 0.419 e. The molecule has 210 valence electrons. The van der Waals surface area contributed by atoms with Crippen molar-refractivity contribution in [2.45, 2.75) is 58.2 Å². The number of aryl methyl sites for hydroxylation is 1. The smallest absolute Gasteiger partial charge is 0.408 e. The van der Waals surface area contributed by atoms with Gasteiger partial charge in [-0.1, -0.05) is 25.1 Å². The van der Waals surface area contributed by atoms with Crippen LogP contribution in [0.15, 0.2) is 68.8 Å². The van der Waals surface area contributed by atoms with Gasteiger partial charge in [-0.25, -0.2) is 19.1 Å². The van der Waals surface area contributed by atoms with E-state index in [2.05, 4.69) is 40.4 Å². The standard InChI is InChI=1S/C31H33N7O3/c1-4-6-14-37-28(39)23-17-32-29(33-21-7-9-24-20(15-21)18-35(3)19-31(24)11-12-31)34-27(23)38(37)22-8-10-26-25(16-22)36(13-5-2)30(40)41-26/h4,6-10,15-17H,5,11-14,18-19H2,1-3H3,(H,32,33,34)/b6-4-. The molecule has 3 aromatic heterocycles. The van der Waals surface area contributed by atoms with E-state index in [-0.39, 0.29) is 11.3 Å². The normalized spacial score (nSPS) is 16.3. The van der Waals surface area contributed by atoms with Crippen molar-refractivity contribution in [1.82, 2.24) is 28.8 Å². The SMILES string of the molecule is C/C=C\Cn1c(=O)c2cnc(Nc3ccc4c(c3)CN(C)CC43CC3)nc2n1-c1ccc2oc(=O)n(CCC)c2c1. The molecule has 0 bridgehead atoms. The van der Waals surface area contributed by atoms with Gasteiger partial charge in [-0.15, -0.1) is 0 Å². The van der Waals surface area contributed by atoms with Crippen LogP contribution >= 0.6 is 0 Å². The van der Waals surface area contributed by atoms with Gasteiger partial charge in [0.15, 0.2) is 11.2 Å². The van der Waals surface area contributed by atoms with E-state index >= 15 is 0 Å². The van der Waals surface area contributed by atoms with Crippen molar-refractivity contribution in [2.24, 2.45) is 0 Å². The maximum atomic E-state index is 13.5. The first-order chi connectivity index (χ1) is 19.9. The topological polar surface area (TPSA) is 103 Å². The van der Waals surface area contributed by atoms with Gasteiger partial charge in [0.1, 0.15) is 5.39 Å². The highest BCUT2D eigenvalue weighted by atomic mass is 16.4. The van der Waals surface area contributed by atoms with Crippen molar-refractivity contribution < 1.29 is 4.42 Å². The molecule has 5 aromatic rings. The minimum absolute atomic E-state index is 0.186. The van der Waals surface area contributed by atoms with Crippen LogP contribution < -0.4 is 16.6 Å². The highest BCUT2D eigenvalue weighted by Crippen LogP contribution is 2.52. The van der Waals surface area contributed by atoms with Gasteiger partial charge < -0.3 is 14.6 Å². The Bertz CT molecular complexity index is 1950. The van der Waals surface area contributed by atoms with Gasteiger partial charge in [0.2, 0.25) is 5.95 Å². The molecular weight excluding hydrogens is 518 g/mol. The number of rotatable bonds is 7. The molecule has 1 aliphatic heterocycles. The van der Waals surface area contributed by atoms with Crippen molar-refractivity contribution in [3.05, 3.63) is 86.8 Å². The second kappa shape index (κ2) is 9.59. The monoisotopic (exact) mass is 551 g/mol. The lowest BCUT2D eigenvalue weighted by Crippen LogP contribution is -2.35. The first kappa shape index (κ1) is 25.5. The molecule has 1 fully saturated rings. The van der Waals surface area contributed by atoms with E-state index in [4.69, 9.17) is 9.40 Å². The molecule has 1 saturated carbocycles. The molecular formula is C31H33N7O3. The average molecular weight is 552 g/mol. The minimum Gasteiger partial charge on any atom is -0.408 e. The molecule has 10 nitrogen and oxygen atoms in total. The van der Waals surface area contributed by atoms with Gasteiger partial charge >= 0.3 is 5.76 Å². The van der Waals surface area contributed by atoms with Crippen LogP contribution in [0.3, 0.4) is 0 Å². The number of nitrogens with zero attached hydrogens (tertiary/aromatic N) is 6. The Morgan fingerprint density at radius 1 is 1.15 bits per heavy atom. The van der Waals surface area contributed by atoms with E-state index in [1.807, 2.05) is 38.1 Å². The molecule has 2 aliphatic rings. The van der Waals surface area contributed by atoms with Crippen LogP contribution in [0, 0.1) is 0 Å². The number of allylic oxidation sites excluding steroid dienone is 2. The molecule has 1 N–H and O–H groups in total. The number of aromatic nitrogens is 5. The van der Waals surface area contributed by atoms with Crippen LogP contribution in [-0.2, 0) is 25.0 Å². The number of hydrogen-bond acceptors (Lipinski definition) is 7. The quantitative estimate of drug-likeness (QED) is 0.293. The summed E-state index contributed by atoms with van der Waals surface area (Å²) in [5.41, 5.74) is 6.23. The van der Waals surface area contributed by atoms with E-state index < -0.39 is 0 Å². The summed E-state index contributed by atoms with van der Waals surface area (Å²) in [4.78, 5) is 37.7. The minimum atomic E-state index is -0.389. The molecule has 10 heteroatoms. The van der Waals surface area contributed by atoms with Crippen molar-refractivity contribution in [3.8, 4) is 5.69 Å². The van der Waals surface area contributed by atoms with E-state index in [9.17, 15) is 9.59 Å². The van der Waals surface area contributed by atoms with Crippen molar-refractivity contribution >= 4 is 33.8 Å². The van der Waals surface area contributed by atoms with Gasteiger partial charge in [-0.2, -0.15) is 4.98 Å². The van der Waals surface area contributed by atoms with Gasteiger partial charge in [-0.05, 0) is 74.7 Å². The predicted molar refractivity (Wildman–Crippen MR) is 159 cm³/mol. The van der Waals surface area contributed by atoms with Crippen LogP contribution in [-0.4, -0.2) is 42.4 Å². The molecule has 2 aromatic carbocycles. The van der Waals surface area contributed by atoms with E-state index in [1.165, 1.54) is 24.0 Å². The Labute approximate surface area is 236 Å². The highest BCUT2D eigenvalue weighted by Gasteiger charge is 2.48. The van der Waals surface area contributed by atoms with E-state index in [0.29, 0.717) is 52.3 Å². The fourth-order valence-corrected chi connectivity index (χ4v) is 6.31. The number of oxazole rings is 1. The lowest BCUT2D eigenvalue weighted by atomic mass is 9.87. The number of likely N-dealkylation sites (N-methyl/N-ethyl adjacent to an activating group) is 1.